The quantitative estimate of drug-likeness (QED) is 0.471. The summed E-state index contributed by atoms with van der Waals surface area (Å²) in [6.07, 6.45) is -8.10. The van der Waals surface area contributed by atoms with E-state index in [1.165, 1.54) is 13.8 Å². The summed E-state index contributed by atoms with van der Waals surface area (Å²) in [6.45, 7) is 2.93. The van der Waals surface area contributed by atoms with E-state index in [2.05, 4.69) is 0 Å². The number of carbonyl (C=O) groups excluding carboxylic acids is 1. The lowest BCUT2D eigenvalue weighted by atomic mass is 9.95. The minimum Gasteiger partial charge on any atom is -0.497 e. The predicted molar refractivity (Wildman–Crippen MR) is 95.8 cm³/mol. The van der Waals surface area contributed by atoms with E-state index in [-0.39, 0.29) is 12.2 Å². The zero-order chi connectivity index (χ0) is 21.1. The van der Waals surface area contributed by atoms with Gasteiger partial charge in [-0.25, -0.2) is 4.79 Å². The van der Waals surface area contributed by atoms with Crippen LogP contribution in [0.2, 0.25) is 0 Å². The summed E-state index contributed by atoms with van der Waals surface area (Å²) in [4.78, 5) is 23.7. The van der Waals surface area contributed by atoms with E-state index in [0.29, 0.717) is 12.2 Å². The fraction of sp³-hybridized carbons (Fsp3) is 0.579. The molecule has 9 heteroatoms. The molecule has 9 nitrogen and oxygen atoms in total. The average molecular weight is 398 g/mol. The van der Waals surface area contributed by atoms with Gasteiger partial charge < -0.3 is 34.6 Å². The van der Waals surface area contributed by atoms with Gasteiger partial charge in [-0.05, 0) is 38.0 Å². The van der Waals surface area contributed by atoms with Crippen LogP contribution in [0.15, 0.2) is 24.3 Å². The number of ether oxygens (including phenoxy) is 3. The molecule has 0 amide bonds. The lowest BCUT2D eigenvalue weighted by molar-refractivity contribution is -0.311. The van der Waals surface area contributed by atoms with Crippen molar-refractivity contribution < 1.29 is 44.2 Å². The third kappa shape index (κ3) is 5.06. The minimum absolute atomic E-state index is 0.135. The SMILES string of the molecule is COc1ccc(CCC(=O)C(C)(C)OC2OC(C(=O)O)C(O)C(O)C2O)cc1. The molecule has 28 heavy (non-hydrogen) atoms. The van der Waals surface area contributed by atoms with Crippen molar-refractivity contribution in [2.45, 2.75) is 63.0 Å². The van der Waals surface area contributed by atoms with Gasteiger partial charge in [0.1, 0.15) is 29.7 Å². The normalized spacial score (nSPS) is 28.0. The number of carbonyl (C=O) groups is 2. The fourth-order valence-corrected chi connectivity index (χ4v) is 2.86. The second-order valence-electron chi connectivity index (χ2n) is 7.13. The van der Waals surface area contributed by atoms with E-state index in [1.54, 1.807) is 19.2 Å². The molecule has 4 N–H and O–H groups in total. The van der Waals surface area contributed by atoms with E-state index in [4.69, 9.17) is 19.3 Å². The summed E-state index contributed by atoms with van der Waals surface area (Å²) < 4.78 is 15.7. The Morgan fingerprint density at radius 1 is 1.07 bits per heavy atom. The summed E-state index contributed by atoms with van der Waals surface area (Å²) in [5.74, 6) is -1.11. The summed E-state index contributed by atoms with van der Waals surface area (Å²) in [7, 11) is 1.56. The second-order valence-corrected chi connectivity index (χ2v) is 7.13. The maximum atomic E-state index is 12.6. The highest BCUT2D eigenvalue weighted by molar-refractivity contribution is 5.86. The van der Waals surface area contributed by atoms with Crippen LogP contribution in [0.5, 0.6) is 5.75 Å². The van der Waals surface area contributed by atoms with Gasteiger partial charge in [-0.1, -0.05) is 12.1 Å². The Labute approximate surface area is 162 Å². The topological polar surface area (TPSA) is 143 Å². The number of rotatable bonds is 8. The number of methoxy groups -OCH3 is 1. The molecule has 5 unspecified atom stereocenters. The first-order valence-corrected chi connectivity index (χ1v) is 8.83. The largest absolute Gasteiger partial charge is 0.497 e. The van der Waals surface area contributed by atoms with Crippen LogP contribution in [0, 0.1) is 0 Å². The predicted octanol–water partition coefficient (Wildman–Crippen LogP) is -0.116. The lowest BCUT2D eigenvalue weighted by Crippen LogP contribution is -2.62. The number of aliphatic hydroxyl groups excluding tert-OH is 3. The maximum absolute atomic E-state index is 12.6. The molecular formula is C19H26O9. The third-order valence-electron chi connectivity index (χ3n) is 4.70. The molecule has 1 heterocycles. The van der Waals surface area contributed by atoms with Crippen molar-refractivity contribution in [1.82, 2.24) is 0 Å². The minimum atomic E-state index is -1.82. The molecular weight excluding hydrogens is 372 g/mol. The average Bonchev–Trinajstić information content (AvgIpc) is 2.66. The first-order valence-electron chi connectivity index (χ1n) is 8.83. The van der Waals surface area contributed by atoms with Crippen molar-refractivity contribution in [3.05, 3.63) is 29.8 Å². The lowest BCUT2D eigenvalue weighted by Gasteiger charge is -2.41. The van der Waals surface area contributed by atoms with Crippen molar-refractivity contribution in [3.8, 4) is 5.75 Å². The van der Waals surface area contributed by atoms with Crippen molar-refractivity contribution >= 4 is 11.8 Å². The maximum Gasteiger partial charge on any atom is 0.335 e. The highest BCUT2D eigenvalue weighted by Gasteiger charge is 2.49. The Kier molecular flexibility index (Phi) is 7.13. The molecule has 0 spiro atoms. The van der Waals surface area contributed by atoms with Gasteiger partial charge in [0.25, 0.3) is 0 Å². The Bertz CT molecular complexity index is 685. The van der Waals surface area contributed by atoms with Crippen LogP contribution in [0.4, 0.5) is 0 Å². The number of carboxylic acid groups (broad SMARTS) is 1. The van der Waals surface area contributed by atoms with Crippen molar-refractivity contribution in [3.63, 3.8) is 0 Å². The third-order valence-corrected chi connectivity index (χ3v) is 4.70. The zero-order valence-electron chi connectivity index (χ0n) is 15.9. The molecule has 1 aliphatic rings. The number of Topliss-reactive ketones (excluding diaryl/α,β-unsaturated/α-hetero) is 1. The summed E-state index contributed by atoms with van der Waals surface area (Å²) in [5.41, 5.74) is -0.494. The van der Waals surface area contributed by atoms with Crippen LogP contribution in [0.3, 0.4) is 0 Å². The number of aliphatic hydroxyl groups is 3. The Morgan fingerprint density at radius 3 is 2.21 bits per heavy atom. The van der Waals surface area contributed by atoms with Gasteiger partial charge in [-0.3, -0.25) is 4.79 Å². The molecule has 0 aliphatic carbocycles. The van der Waals surface area contributed by atoms with E-state index < -0.39 is 42.3 Å². The Hall–Kier alpha value is -2.04. The standard InChI is InChI=1S/C19H26O9/c1-19(2,12(20)9-6-10-4-7-11(26-3)8-5-10)28-18-15(23)13(21)14(22)16(27-18)17(24)25/h4-5,7-8,13-16,18,21-23H,6,9H2,1-3H3,(H,24,25). The molecule has 1 saturated heterocycles. The molecule has 1 aromatic carbocycles. The van der Waals surface area contributed by atoms with E-state index >= 15 is 0 Å². The van der Waals surface area contributed by atoms with Crippen molar-refractivity contribution in [1.29, 1.82) is 0 Å². The molecule has 2 rings (SSSR count). The molecule has 0 aromatic heterocycles. The first kappa shape index (κ1) is 22.3. The molecule has 156 valence electrons. The molecule has 1 aliphatic heterocycles. The van der Waals surface area contributed by atoms with E-state index in [9.17, 15) is 24.9 Å². The number of aryl methyl sites for hydroxylation is 1. The number of ketones is 1. The summed E-state index contributed by atoms with van der Waals surface area (Å²) >= 11 is 0. The first-order chi connectivity index (χ1) is 13.1. The van der Waals surface area contributed by atoms with Crippen molar-refractivity contribution in [2.24, 2.45) is 0 Å². The van der Waals surface area contributed by atoms with Gasteiger partial charge >= 0.3 is 5.97 Å². The highest BCUT2D eigenvalue weighted by Crippen LogP contribution is 2.27. The van der Waals surface area contributed by atoms with Crippen LogP contribution in [-0.4, -0.2) is 75.6 Å². The number of hydrogen-bond donors (Lipinski definition) is 4. The fourth-order valence-electron chi connectivity index (χ4n) is 2.86. The van der Waals surface area contributed by atoms with Gasteiger partial charge in [0.15, 0.2) is 18.2 Å². The van der Waals surface area contributed by atoms with E-state index in [1.807, 2.05) is 12.1 Å². The number of benzene rings is 1. The molecule has 0 saturated carbocycles. The number of aliphatic carboxylic acids is 1. The van der Waals surface area contributed by atoms with Gasteiger partial charge in [-0.2, -0.15) is 0 Å². The monoisotopic (exact) mass is 398 g/mol. The van der Waals surface area contributed by atoms with Gasteiger partial charge in [0, 0.05) is 6.42 Å². The summed E-state index contributed by atoms with van der Waals surface area (Å²) in [5, 5.41) is 38.7. The Morgan fingerprint density at radius 2 is 1.68 bits per heavy atom. The van der Waals surface area contributed by atoms with Crippen LogP contribution in [0.1, 0.15) is 25.8 Å². The number of hydrogen-bond acceptors (Lipinski definition) is 8. The van der Waals surface area contributed by atoms with Gasteiger partial charge in [0.2, 0.25) is 0 Å². The van der Waals surface area contributed by atoms with Gasteiger partial charge in [-0.15, -0.1) is 0 Å². The number of carboxylic acids is 1. The van der Waals surface area contributed by atoms with Crippen LogP contribution in [-0.2, 0) is 25.5 Å². The van der Waals surface area contributed by atoms with Crippen LogP contribution < -0.4 is 4.74 Å². The zero-order valence-corrected chi connectivity index (χ0v) is 15.9. The molecule has 1 fully saturated rings. The van der Waals surface area contributed by atoms with Gasteiger partial charge in [0.05, 0.1) is 7.11 Å². The smallest absolute Gasteiger partial charge is 0.335 e. The van der Waals surface area contributed by atoms with Crippen molar-refractivity contribution in [2.75, 3.05) is 7.11 Å². The van der Waals surface area contributed by atoms with Crippen LogP contribution >= 0.6 is 0 Å². The summed E-state index contributed by atoms with van der Waals surface area (Å²) in [6, 6.07) is 7.24. The molecule has 0 radical (unpaired) electrons. The second kappa shape index (κ2) is 8.97. The Balaban J connectivity index is 2.00. The molecule has 5 atom stereocenters. The van der Waals surface area contributed by atoms with E-state index in [0.717, 1.165) is 5.56 Å². The molecule has 0 bridgehead atoms. The highest BCUT2D eigenvalue weighted by atomic mass is 16.7. The van der Waals surface area contributed by atoms with Crippen LogP contribution in [0.25, 0.3) is 0 Å². The molecule has 1 aromatic rings.